The molecule has 0 bridgehead atoms. The Morgan fingerprint density at radius 1 is 0.969 bits per heavy atom. The molecule has 9 heteroatoms. The smallest absolute Gasteiger partial charge is 0.231 e. The average Bonchev–Trinajstić information content (AvgIpc) is 3.63. The number of carbonyl (C=O) groups excluding carboxylic acids is 2. The molecule has 170 valence electrons. The van der Waals surface area contributed by atoms with Gasteiger partial charge in [-0.2, -0.15) is 0 Å². The lowest BCUT2D eigenvalue weighted by Crippen LogP contribution is -2.17. The topological polar surface area (TPSA) is 46.2 Å². The van der Waals surface area contributed by atoms with Gasteiger partial charge < -0.3 is 5.32 Å². The van der Waals surface area contributed by atoms with Crippen molar-refractivity contribution in [1.82, 2.24) is 0 Å². The van der Waals surface area contributed by atoms with Crippen LogP contribution in [0.4, 0.5) is 5.69 Å². The van der Waals surface area contributed by atoms with Gasteiger partial charge in [0.25, 0.3) is 0 Å². The Bertz CT molecular complexity index is 1060. The van der Waals surface area contributed by atoms with E-state index in [1.807, 2.05) is 0 Å². The number of ketones is 1. The zero-order valence-corrected chi connectivity index (χ0v) is 21.3. The monoisotopic (exact) mass is 551 g/mol. The van der Waals surface area contributed by atoms with Crippen molar-refractivity contribution in [1.29, 1.82) is 0 Å². The summed E-state index contributed by atoms with van der Waals surface area (Å²) in [6.45, 7) is 0. The van der Waals surface area contributed by atoms with Gasteiger partial charge in [-0.25, -0.2) is 0 Å². The fourth-order valence-corrected chi connectivity index (χ4v) is 5.62. The summed E-state index contributed by atoms with van der Waals surface area (Å²) in [7, 11) is 0. The third kappa shape index (κ3) is 5.19. The predicted molar refractivity (Wildman–Crippen MR) is 133 cm³/mol. The van der Waals surface area contributed by atoms with Crippen LogP contribution in [0.3, 0.4) is 0 Å². The molecule has 2 saturated carbocycles. The Morgan fingerprint density at radius 2 is 1.62 bits per heavy atom. The Morgan fingerprint density at radius 3 is 2.25 bits per heavy atom. The summed E-state index contributed by atoms with van der Waals surface area (Å²) in [5.41, 5.74) is 1.47. The predicted octanol–water partition coefficient (Wildman–Crippen LogP) is 8.59. The number of hydrogen-bond donors (Lipinski definition) is 1. The Kier molecular flexibility index (Phi) is 7.27. The van der Waals surface area contributed by atoms with E-state index in [4.69, 9.17) is 69.6 Å². The highest BCUT2D eigenvalue weighted by Gasteiger charge is 2.67. The van der Waals surface area contributed by atoms with Crippen LogP contribution in [0, 0.1) is 11.8 Å². The third-order valence-corrected chi connectivity index (χ3v) is 8.42. The minimum atomic E-state index is -1.32. The first-order valence-corrected chi connectivity index (χ1v) is 12.5. The summed E-state index contributed by atoms with van der Waals surface area (Å²) >= 11 is 37.3. The van der Waals surface area contributed by atoms with Gasteiger partial charge in [0.2, 0.25) is 5.91 Å². The molecule has 0 saturated heterocycles. The van der Waals surface area contributed by atoms with E-state index in [2.05, 4.69) is 5.32 Å². The Labute approximate surface area is 216 Å². The van der Waals surface area contributed by atoms with Crippen molar-refractivity contribution in [2.24, 2.45) is 11.8 Å². The highest BCUT2D eigenvalue weighted by molar-refractivity contribution is 6.54. The number of carbonyl (C=O) groups is 2. The molecule has 1 amide bonds. The van der Waals surface area contributed by atoms with Crippen molar-refractivity contribution in [2.75, 3.05) is 5.32 Å². The second-order valence-electron chi connectivity index (χ2n) is 8.37. The summed E-state index contributed by atoms with van der Waals surface area (Å²) in [6, 6.07) is 8.04. The van der Waals surface area contributed by atoms with Crippen molar-refractivity contribution in [2.45, 2.75) is 42.4 Å². The largest absolute Gasteiger partial charge is 0.326 e. The Balaban J connectivity index is 1.46. The van der Waals surface area contributed by atoms with Crippen molar-refractivity contribution in [3.05, 3.63) is 61.5 Å². The van der Waals surface area contributed by atoms with E-state index in [9.17, 15) is 9.59 Å². The number of alkyl halides is 2. The van der Waals surface area contributed by atoms with Crippen LogP contribution in [0.5, 0.6) is 0 Å². The first-order valence-electron chi connectivity index (χ1n) is 10.3. The maximum absolute atomic E-state index is 12.9. The van der Waals surface area contributed by atoms with E-state index in [1.165, 1.54) is 12.8 Å². The SMILES string of the molecule is O=C(CCCC1CC1)c1cc(NC(=O)C2C(c3cc(Cl)c(Cl)c(Cl)c3)C2(Cl)Cl)ccc1Cl. The summed E-state index contributed by atoms with van der Waals surface area (Å²) in [4.78, 5) is 25.5. The number of anilines is 1. The molecule has 0 aliphatic heterocycles. The first-order chi connectivity index (χ1) is 15.1. The van der Waals surface area contributed by atoms with Crippen LogP contribution in [0.15, 0.2) is 30.3 Å². The first kappa shape index (κ1) is 24.4. The zero-order chi connectivity index (χ0) is 23.2. The molecular weight excluding hydrogens is 535 g/mol. The van der Waals surface area contributed by atoms with E-state index in [1.54, 1.807) is 30.3 Å². The Hall–Kier alpha value is -0.680. The van der Waals surface area contributed by atoms with Gasteiger partial charge in [0.15, 0.2) is 5.78 Å². The molecule has 3 nitrogen and oxygen atoms in total. The molecular formula is C23H19Cl6NO2. The lowest BCUT2D eigenvalue weighted by Gasteiger charge is -2.09. The minimum absolute atomic E-state index is 0.0365. The number of hydrogen-bond acceptors (Lipinski definition) is 2. The average molecular weight is 554 g/mol. The van der Waals surface area contributed by atoms with Crippen molar-refractivity contribution >= 4 is 87.0 Å². The van der Waals surface area contributed by atoms with Gasteiger partial charge in [-0.3, -0.25) is 9.59 Å². The number of Topliss-reactive ketones (excluding diaryl/α,β-unsaturated/α-hetero) is 1. The summed E-state index contributed by atoms with van der Waals surface area (Å²) in [5, 5.41) is 3.89. The molecule has 2 aromatic carbocycles. The number of amides is 1. The van der Waals surface area contributed by atoms with Crippen LogP contribution >= 0.6 is 69.6 Å². The molecule has 2 atom stereocenters. The molecule has 2 aliphatic rings. The lowest BCUT2D eigenvalue weighted by molar-refractivity contribution is -0.117. The van der Waals surface area contributed by atoms with Crippen molar-refractivity contribution in [3.63, 3.8) is 0 Å². The number of benzene rings is 2. The minimum Gasteiger partial charge on any atom is -0.326 e. The van der Waals surface area contributed by atoms with Crippen molar-refractivity contribution in [3.8, 4) is 0 Å². The number of nitrogens with one attached hydrogen (secondary N) is 1. The molecule has 2 aliphatic carbocycles. The molecule has 0 heterocycles. The van der Waals surface area contributed by atoms with Crippen LogP contribution in [0.2, 0.25) is 20.1 Å². The molecule has 0 aromatic heterocycles. The van der Waals surface area contributed by atoms with Gasteiger partial charge in [0, 0.05) is 23.6 Å². The van der Waals surface area contributed by atoms with Crippen LogP contribution in [0.1, 0.15) is 53.9 Å². The molecule has 2 aromatic rings. The van der Waals surface area contributed by atoms with Gasteiger partial charge in [-0.15, -0.1) is 23.2 Å². The summed E-state index contributed by atoms with van der Waals surface area (Å²) in [5.74, 6) is -0.879. The van der Waals surface area contributed by atoms with Gasteiger partial charge >= 0.3 is 0 Å². The standard InChI is InChI=1S/C23H19Cl6NO2/c24-15-7-6-13(10-14(15)18(31)3-1-2-11-4-5-11)30-22(32)20-19(23(20,28)29)12-8-16(25)21(27)17(26)9-12/h6-11,19-20H,1-5H2,(H,30,32). The maximum atomic E-state index is 12.9. The highest BCUT2D eigenvalue weighted by Crippen LogP contribution is 2.65. The maximum Gasteiger partial charge on any atom is 0.231 e. The number of halogens is 6. The van der Waals surface area contributed by atoms with Crippen LogP contribution < -0.4 is 5.32 Å². The van der Waals surface area contributed by atoms with E-state index in [0.717, 1.165) is 18.8 Å². The van der Waals surface area contributed by atoms with Crippen molar-refractivity contribution < 1.29 is 9.59 Å². The quantitative estimate of drug-likeness (QED) is 0.202. The summed E-state index contributed by atoms with van der Waals surface area (Å²) < 4.78 is -1.32. The molecule has 2 unspecified atom stereocenters. The van der Waals surface area contributed by atoms with Gasteiger partial charge in [0.05, 0.1) is 26.0 Å². The molecule has 1 N–H and O–H groups in total. The molecule has 0 radical (unpaired) electrons. The molecule has 2 fully saturated rings. The van der Waals surface area contributed by atoms with E-state index in [-0.39, 0.29) is 26.8 Å². The molecule has 0 spiro atoms. The third-order valence-electron chi connectivity index (χ3n) is 5.95. The highest BCUT2D eigenvalue weighted by atomic mass is 35.5. The van der Waals surface area contributed by atoms with E-state index >= 15 is 0 Å². The summed E-state index contributed by atoms with van der Waals surface area (Å²) in [6.07, 6.45) is 4.86. The second-order valence-corrected chi connectivity index (χ2v) is 11.4. The lowest BCUT2D eigenvalue weighted by atomic mass is 10.0. The van der Waals surface area contributed by atoms with Gasteiger partial charge in [-0.1, -0.05) is 65.7 Å². The van der Waals surface area contributed by atoms with Crippen LogP contribution in [-0.2, 0) is 4.79 Å². The van der Waals surface area contributed by atoms with Crippen LogP contribution in [-0.4, -0.2) is 16.0 Å². The number of rotatable bonds is 8. The van der Waals surface area contributed by atoms with E-state index < -0.39 is 16.2 Å². The van der Waals surface area contributed by atoms with E-state index in [0.29, 0.717) is 28.3 Å². The molecule has 4 rings (SSSR count). The fourth-order valence-electron chi connectivity index (χ4n) is 3.95. The molecule has 32 heavy (non-hydrogen) atoms. The zero-order valence-electron chi connectivity index (χ0n) is 16.7. The van der Waals surface area contributed by atoms with Crippen LogP contribution in [0.25, 0.3) is 0 Å². The normalized spacial score (nSPS) is 21.3. The second kappa shape index (κ2) is 9.52. The van der Waals surface area contributed by atoms with Gasteiger partial charge in [-0.05, 0) is 48.2 Å². The van der Waals surface area contributed by atoms with Gasteiger partial charge in [0.1, 0.15) is 4.33 Å². The fraction of sp³-hybridized carbons (Fsp3) is 0.391.